The third-order valence-corrected chi connectivity index (χ3v) is 15.8. The molecule has 0 aliphatic rings. The summed E-state index contributed by atoms with van der Waals surface area (Å²) in [5, 5.41) is 58.0. The molecule has 0 saturated heterocycles. The Morgan fingerprint density at radius 2 is 0.966 bits per heavy atom. The molecule has 4 amide bonds. The quantitative estimate of drug-likeness (QED) is 0.0274. The first-order valence-corrected chi connectivity index (χ1v) is 31.6. The highest BCUT2D eigenvalue weighted by Crippen LogP contribution is 2.26. The van der Waals surface area contributed by atoms with Gasteiger partial charge in [-0.2, -0.15) is 0 Å². The van der Waals surface area contributed by atoms with E-state index in [1.165, 1.54) is 65.5 Å². The third kappa shape index (κ3) is 37.4. The van der Waals surface area contributed by atoms with Gasteiger partial charge in [-0.25, -0.2) is 4.79 Å². The van der Waals surface area contributed by atoms with Crippen LogP contribution in [0, 0.1) is 23.7 Å². The molecule has 490 valence electrons. The molecule has 0 bridgehead atoms. The SMILES string of the molecule is CCCC[C@H](CC(=O)C(C)(C)NC(=O)[C@@H](Cc1ccc(O)cc1)NC(C)=O)C(=O)C[C@@H](CCCCNC(=O)CC[C@H](CC(=O)CC[C@H](NC(=O)CC[C@H](CC(=O)CCCCCCCCCCCCCCCCC(=O)O)C(=O)O)C(=O)O)C(=O)O)C(C)=O. The van der Waals surface area contributed by atoms with E-state index in [1.54, 1.807) is 12.1 Å². The molecule has 1 rings (SSSR count). The van der Waals surface area contributed by atoms with Crippen LogP contribution in [-0.2, 0) is 68.7 Å². The van der Waals surface area contributed by atoms with Crippen LogP contribution >= 0.6 is 0 Å². The lowest BCUT2D eigenvalue weighted by atomic mass is 9.81. The van der Waals surface area contributed by atoms with Crippen molar-refractivity contribution in [1.29, 1.82) is 0 Å². The summed E-state index contributed by atoms with van der Waals surface area (Å²) in [7, 11) is 0. The second-order valence-corrected chi connectivity index (χ2v) is 24.0. The van der Waals surface area contributed by atoms with Crippen LogP contribution in [0.3, 0.4) is 0 Å². The van der Waals surface area contributed by atoms with Gasteiger partial charge >= 0.3 is 23.9 Å². The van der Waals surface area contributed by atoms with E-state index in [-0.39, 0.29) is 100 Å². The fourth-order valence-corrected chi connectivity index (χ4v) is 10.3. The summed E-state index contributed by atoms with van der Waals surface area (Å²) in [6, 6.07) is 3.55. The first-order valence-electron chi connectivity index (χ1n) is 31.6. The Kier molecular flexibility index (Phi) is 40.0. The van der Waals surface area contributed by atoms with Gasteiger partial charge in [-0.3, -0.25) is 57.5 Å². The van der Waals surface area contributed by atoms with E-state index < -0.39 is 113 Å². The average molecular weight is 1230 g/mol. The molecule has 0 radical (unpaired) electrons. The number of carboxylic acid groups (broad SMARTS) is 4. The van der Waals surface area contributed by atoms with E-state index in [0.717, 1.165) is 64.2 Å². The Bertz CT molecular complexity index is 2370. The van der Waals surface area contributed by atoms with Crippen molar-refractivity contribution in [1.82, 2.24) is 21.3 Å². The van der Waals surface area contributed by atoms with Gasteiger partial charge in [-0.15, -0.1) is 0 Å². The van der Waals surface area contributed by atoms with Crippen LogP contribution in [0.4, 0.5) is 0 Å². The number of hydrogen-bond acceptors (Lipinski definition) is 14. The summed E-state index contributed by atoms with van der Waals surface area (Å²) in [5.74, 6) is -12.6. The van der Waals surface area contributed by atoms with Crippen molar-refractivity contribution >= 4 is 76.4 Å². The number of nitrogens with one attached hydrogen (secondary N) is 4. The Balaban J connectivity index is 2.53. The minimum absolute atomic E-state index is 0.0312. The monoisotopic (exact) mass is 1230 g/mol. The second-order valence-electron chi connectivity index (χ2n) is 24.0. The highest BCUT2D eigenvalue weighted by atomic mass is 16.4. The lowest BCUT2D eigenvalue weighted by Gasteiger charge is -2.29. The predicted molar refractivity (Wildman–Crippen MR) is 325 cm³/mol. The number of rotatable bonds is 54. The molecule has 0 spiro atoms. The number of phenols is 1. The summed E-state index contributed by atoms with van der Waals surface area (Å²) in [6.07, 6.45) is 14.9. The van der Waals surface area contributed by atoms with E-state index in [2.05, 4.69) is 21.3 Å². The standard InChI is InChI=1S/C65H102N4O18/c1-6-7-24-48(43-57(76)65(4,5)69-61(81)55(67-45(3)71)39-46-28-32-51(72)33-29-46)56(75)42-47(44(2)70)25-22-23-38-66-58(77)36-30-49(62(82)83)41-53(74)34-35-54(64(86)87)68-59(78)37-31-50(63(84)85)40-52(73)26-20-18-16-14-12-10-8-9-11-13-15-17-19-21-27-60(79)80/h28-29,32-33,47-50,54-55,72H,6-27,30-31,34-43H2,1-5H3,(H,66,77)(H,67,71)(H,68,78)(H,69,81)(H,79,80)(H,82,83)(H,84,85)(H,86,87)/t47-,48-,49-,50-,54+,55-/m1/s1. The molecule has 0 fully saturated rings. The fraction of sp³-hybridized carbons (Fsp3) is 0.708. The van der Waals surface area contributed by atoms with Gasteiger partial charge in [0.25, 0.3) is 0 Å². The molecular formula is C65H102N4O18. The molecule has 0 unspecified atom stereocenters. The number of Topliss-reactive ketones (excluding diaryl/α,β-unsaturated/α-hetero) is 5. The van der Waals surface area contributed by atoms with E-state index in [4.69, 9.17) is 5.11 Å². The molecule has 0 aromatic heterocycles. The molecule has 0 heterocycles. The molecule has 0 aliphatic carbocycles. The van der Waals surface area contributed by atoms with Crippen LogP contribution in [0.2, 0.25) is 0 Å². The Morgan fingerprint density at radius 3 is 1.45 bits per heavy atom. The highest BCUT2D eigenvalue weighted by molar-refractivity contribution is 5.98. The van der Waals surface area contributed by atoms with Crippen molar-refractivity contribution in [3.63, 3.8) is 0 Å². The van der Waals surface area contributed by atoms with Crippen molar-refractivity contribution in [3.05, 3.63) is 29.8 Å². The molecule has 9 N–H and O–H groups in total. The zero-order valence-electron chi connectivity index (χ0n) is 52.4. The number of aliphatic carboxylic acids is 4. The van der Waals surface area contributed by atoms with Crippen LogP contribution in [0.15, 0.2) is 24.3 Å². The lowest BCUT2D eigenvalue weighted by Crippen LogP contribution is -2.57. The number of benzene rings is 1. The van der Waals surface area contributed by atoms with Gasteiger partial charge in [0.1, 0.15) is 41.0 Å². The predicted octanol–water partition coefficient (Wildman–Crippen LogP) is 9.11. The summed E-state index contributed by atoms with van der Waals surface area (Å²) in [5.41, 5.74) is -0.770. The Morgan fingerprint density at radius 1 is 0.471 bits per heavy atom. The summed E-state index contributed by atoms with van der Waals surface area (Å²) in [6.45, 7) is 7.79. The van der Waals surface area contributed by atoms with Gasteiger partial charge in [-0.1, -0.05) is 115 Å². The Hall–Kier alpha value is -6.87. The zero-order valence-corrected chi connectivity index (χ0v) is 52.4. The number of hydrogen-bond donors (Lipinski definition) is 9. The number of ketones is 5. The number of amides is 4. The number of carbonyl (C=O) groups excluding carboxylic acids is 9. The van der Waals surface area contributed by atoms with E-state index >= 15 is 0 Å². The first-order chi connectivity index (χ1) is 41.1. The van der Waals surface area contributed by atoms with Gasteiger partial charge in [0.15, 0.2) is 5.78 Å². The van der Waals surface area contributed by atoms with Crippen molar-refractivity contribution in [2.45, 2.75) is 264 Å². The van der Waals surface area contributed by atoms with Gasteiger partial charge in [-0.05, 0) is 89.8 Å². The number of carbonyl (C=O) groups is 13. The van der Waals surface area contributed by atoms with Gasteiger partial charge in [0.2, 0.25) is 23.6 Å². The van der Waals surface area contributed by atoms with Gasteiger partial charge in [0.05, 0.1) is 17.4 Å². The minimum Gasteiger partial charge on any atom is -0.508 e. The van der Waals surface area contributed by atoms with Crippen molar-refractivity contribution in [2.24, 2.45) is 23.7 Å². The van der Waals surface area contributed by atoms with Crippen LogP contribution < -0.4 is 21.3 Å². The summed E-state index contributed by atoms with van der Waals surface area (Å²) >= 11 is 0. The van der Waals surface area contributed by atoms with Crippen LogP contribution in [0.25, 0.3) is 0 Å². The van der Waals surface area contributed by atoms with E-state index in [0.29, 0.717) is 44.1 Å². The summed E-state index contributed by atoms with van der Waals surface area (Å²) in [4.78, 5) is 163. The smallest absolute Gasteiger partial charge is 0.326 e. The molecule has 22 nitrogen and oxygen atoms in total. The van der Waals surface area contributed by atoms with Crippen molar-refractivity contribution < 1.29 is 87.9 Å². The number of unbranched alkanes of at least 4 members (excludes halogenated alkanes) is 15. The maximum atomic E-state index is 13.8. The maximum absolute atomic E-state index is 13.8. The average Bonchev–Trinajstić information content (AvgIpc) is 3.65. The van der Waals surface area contributed by atoms with E-state index in [9.17, 15) is 82.8 Å². The van der Waals surface area contributed by atoms with Gasteiger partial charge < -0.3 is 46.8 Å². The number of carboxylic acids is 4. The first kappa shape index (κ1) is 78.1. The third-order valence-electron chi connectivity index (χ3n) is 15.8. The topological polar surface area (TPSA) is 371 Å². The number of phenolic OH excluding ortho intramolecular Hbond substituents is 1. The normalized spacial score (nSPS) is 13.4. The molecule has 1 aromatic carbocycles. The maximum Gasteiger partial charge on any atom is 0.326 e. The largest absolute Gasteiger partial charge is 0.508 e. The molecule has 6 atom stereocenters. The van der Waals surface area contributed by atoms with Gasteiger partial charge in [0, 0.05) is 89.5 Å². The van der Waals surface area contributed by atoms with Crippen LogP contribution in [-0.4, -0.2) is 126 Å². The molecule has 0 saturated carbocycles. The lowest BCUT2D eigenvalue weighted by molar-refractivity contribution is -0.145. The molecule has 0 aliphatic heterocycles. The van der Waals surface area contributed by atoms with E-state index in [1.807, 2.05) is 6.92 Å². The van der Waals surface area contributed by atoms with Crippen molar-refractivity contribution in [3.8, 4) is 5.75 Å². The molecule has 22 heteroatoms. The van der Waals surface area contributed by atoms with Crippen LogP contribution in [0.1, 0.15) is 246 Å². The van der Waals surface area contributed by atoms with Crippen LogP contribution in [0.5, 0.6) is 5.75 Å². The summed E-state index contributed by atoms with van der Waals surface area (Å²) < 4.78 is 0. The minimum atomic E-state index is -1.53. The molecular weight excluding hydrogens is 1120 g/mol. The fourth-order valence-electron chi connectivity index (χ4n) is 10.3. The molecule has 1 aromatic rings. The number of aromatic hydroxyl groups is 1. The highest BCUT2D eigenvalue weighted by Gasteiger charge is 2.36. The van der Waals surface area contributed by atoms with Crippen molar-refractivity contribution in [2.75, 3.05) is 6.54 Å². The second kappa shape index (κ2) is 44.5. The zero-order chi connectivity index (χ0) is 65.3. The Labute approximate surface area is 513 Å². The molecule has 87 heavy (non-hydrogen) atoms.